The van der Waals surface area contributed by atoms with Crippen molar-refractivity contribution < 1.29 is 9.90 Å². The van der Waals surface area contributed by atoms with E-state index in [9.17, 15) is 4.79 Å². The molecule has 0 aliphatic rings. The first-order chi connectivity index (χ1) is 5.18. The van der Waals surface area contributed by atoms with Crippen LogP contribution in [0.3, 0.4) is 0 Å². The summed E-state index contributed by atoms with van der Waals surface area (Å²) < 4.78 is 0. The predicted octanol–water partition coefficient (Wildman–Crippen LogP) is 1.62. The standard InChI is InChI=1S/C9H10O2/c1-7-2-4-8(5-3-7)6-9(10)11/h2-5H,6H2,1H3,(H,10,11)/i9+1. The number of rotatable bonds is 2. The average Bonchev–Trinajstić information content (AvgIpc) is 1.93. The van der Waals surface area contributed by atoms with E-state index in [1.165, 1.54) is 0 Å². The summed E-state index contributed by atoms with van der Waals surface area (Å²) in [5, 5.41) is 8.44. The molecule has 1 aromatic rings. The second-order valence-electron chi connectivity index (χ2n) is 2.56. The van der Waals surface area contributed by atoms with Crippen molar-refractivity contribution in [1.82, 2.24) is 0 Å². The Morgan fingerprint density at radius 3 is 2.36 bits per heavy atom. The van der Waals surface area contributed by atoms with Gasteiger partial charge in [0.05, 0.1) is 6.42 Å². The molecule has 1 aromatic carbocycles. The summed E-state index contributed by atoms with van der Waals surface area (Å²) in [6, 6.07) is 7.50. The minimum atomic E-state index is -0.783. The van der Waals surface area contributed by atoms with E-state index in [2.05, 4.69) is 0 Å². The third-order valence-electron chi connectivity index (χ3n) is 1.48. The van der Waals surface area contributed by atoms with Crippen molar-refractivity contribution in [3.63, 3.8) is 0 Å². The summed E-state index contributed by atoms with van der Waals surface area (Å²) in [5.41, 5.74) is 2.00. The largest absolute Gasteiger partial charge is 0.481 e. The molecular formula is C9H10O2. The maximum Gasteiger partial charge on any atom is 0.307 e. The molecule has 58 valence electrons. The van der Waals surface area contributed by atoms with Crippen LogP contribution in [0.25, 0.3) is 0 Å². The van der Waals surface area contributed by atoms with Crippen LogP contribution in [0, 0.1) is 6.92 Å². The molecule has 0 amide bonds. The first-order valence-electron chi connectivity index (χ1n) is 3.46. The molecule has 0 saturated carbocycles. The highest BCUT2D eigenvalue weighted by Crippen LogP contribution is 2.03. The lowest BCUT2D eigenvalue weighted by molar-refractivity contribution is -0.136. The monoisotopic (exact) mass is 151 g/mol. The average molecular weight is 151 g/mol. The SMILES string of the molecule is Cc1ccc(C[13C](=O)O)cc1. The van der Waals surface area contributed by atoms with Gasteiger partial charge >= 0.3 is 5.97 Å². The Morgan fingerprint density at radius 1 is 1.36 bits per heavy atom. The van der Waals surface area contributed by atoms with Crippen LogP contribution in [-0.4, -0.2) is 11.1 Å². The van der Waals surface area contributed by atoms with E-state index in [0.29, 0.717) is 0 Å². The Labute approximate surface area is 65.5 Å². The molecule has 2 heteroatoms. The molecule has 0 bridgehead atoms. The molecule has 1 rings (SSSR count). The predicted molar refractivity (Wildman–Crippen MR) is 42.5 cm³/mol. The Hall–Kier alpha value is -1.31. The third kappa shape index (κ3) is 2.42. The van der Waals surface area contributed by atoms with Crippen molar-refractivity contribution in [1.29, 1.82) is 0 Å². The number of aryl methyl sites for hydroxylation is 1. The molecular weight excluding hydrogens is 141 g/mol. The summed E-state index contributed by atoms with van der Waals surface area (Å²) in [7, 11) is 0. The summed E-state index contributed by atoms with van der Waals surface area (Å²) in [4.78, 5) is 10.3. The number of carbonyl (C=O) groups is 1. The first-order valence-corrected chi connectivity index (χ1v) is 3.46. The van der Waals surface area contributed by atoms with Crippen LogP contribution in [0.4, 0.5) is 0 Å². The highest BCUT2D eigenvalue weighted by atomic mass is 16.5. The number of benzene rings is 1. The van der Waals surface area contributed by atoms with E-state index in [0.717, 1.165) is 11.1 Å². The molecule has 0 aromatic heterocycles. The van der Waals surface area contributed by atoms with Crippen molar-refractivity contribution in [3.05, 3.63) is 35.4 Å². The zero-order valence-corrected chi connectivity index (χ0v) is 6.37. The van der Waals surface area contributed by atoms with Crippen molar-refractivity contribution in [2.24, 2.45) is 0 Å². The fourth-order valence-corrected chi connectivity index (χ4v) is 0.881. The summed E-state index contributed by atoms with van der Waals surface area (Å²) in [5.74, 6) is -0.783. The molecule has 0 spiro atoms. The number of hydrogen-bond acceptors (Lipinski definition) is 1. The smallest absolute Gasteiger partial charge is 0.307 e. The maximum atomic E-state index is 10.3. The molecule has 11 heavy (non-hydrogen) atoms. The lowest BCUT2D eigenvalue weighted by atomic mass is 10.1. The quantitative estimate of drug-likeness (QED) is 0.652. The van der Waals surface area contributed by atoms with Gasteiger partial charge in [-0.2, -0.15) is 0 Å². The summed E-state index contributed by atoms with van der Waals surface area (Å²) in [6.07, 6.45) is 0.111. The fraction of sp³-hybridized carbons (Fsp3) is 0.222. The van der Waals surface area contributed by atoms with Crippen LogP contribution in [0.2, 0.25) is 0 Å². The van der Waals surface area contributed by atoms with Gasteiger partial charge in [0.25, 0.3) is 0 Å². The van der Waals surface area contributed by atoms with Crippen molar-refractivity contribution >= 4 is 5.97 Å². The molecule has 0 fully saturated rings. The lowest BCUT2D eigenvalue weighted by Crippen LogP contribution is -1.99. The van der Waals surface area contributed by atoms with Gasteiger partial charge in [-0.15, -0.1) is 0 Å². The molecule has 0 radical (unpaired) electrons. The van der Waals surface area contributed by atoms with Crippen LogP contribution in [0.15, 0.2) is 24.3 Å². The van der Waals surface area contributed by atoms with Gasteiger partial charge < -0.3 is 5.11 Å². The molecule has 0 heterocycles. The second kappa shape index (κ2) is 3.19. The van der Waals surface area contributed by atoms with Crippen LogP contribution in [0.1, 0.15) is 11.1 Å². The minimum Gasteiger partial charge on any atom is -0.481 e. The lowest BCUT2D eigenvalue weighted by Gasteiger charge is -1.96. The number of carboxylic acids is 1. The maximum absolute atomic E-state index is 10.3. The number of hydrogen-bond donors (Lipinski definition) is 1. The van der Waals surface area contributed by atoms with Crippen LogP contribution in [-0.2, 0) is 11.2 Å². The highest BCUT2D eigenvalue weighted by molar-refractivity contribution is 5.70. The molecule has 0 unspecified atom stereocenters. The minimum absolute atomic E-state index is 0.111. The molecule has 0 aliphatic heterocycles. The van der Waals surface area contributed by atoms with Crippen LogP contribution in [0.5, 0.6) is 0 Å². The van der Waals surface area contributed by atoms with Crippen LogP contribution >= 0.6 is 0 Å². The fourth-order valence-electron chi connectivity index (χ4n) is 0.881. The van der Waals surface area contributed by atoms with Gasteiger partial charge in [-0.25, -0.2) is 0 Å². The molecule has 2 nitrogen and oxygen atoms in total. The van der Waals surface area contributed by atoms with Gasteiger partial charge in [0.1, 0.15) is 0 Å². The van der Waals surface area contributed by atoms with Gasteiger partial charge in [0.2, 0.25) is 0 Å². The van der Waals surface area contributed by atoms with Gasteiger partial charge in [-0.05, 0) is 12.5 Å². The Kier molecular flexibility index (Phi) is 2.26. The van der Waals surface area contributed by atoms with Crippen molar-refractivity contribution in [2.75, 3.05) is 0 Å². The van der Waals surface area contributed by atoms with E-state index >= 15 is 0 Å². The third-order valence-corrected chi connectivity index (χ3v) is 1.48. The van der Waals surface area contributed by atoms with Gasteiger partial charge in [-0.1, -0.05) is 29.8 Å². The van der Waals surface area contributed by atoms with Crippen LogP contribution < -0.4 is 0 Å². The topological polar surface area (TPSA) is 37.3 Å². The highest BCUT2D eigenvalue weighted by Gasteiger charge is 1.97. The number of carboxylic acid groups (broad SMARTS) is 1. The zero-order valence-electron chi connectivity index (χ0n) is 6.37. The Morgan fingerprint density at radius 2 is 1.91 bits per heavy atom. The van der Waals surface area contributed by atoms with Gasteiger partial charge in [0, 0.05) is 0 Å². The Balaban J connectivity index is 2.74. The molecule has 1 N–H and O–H groups in total. The zero-order chi connectivity index (χ0) is 8.27. The Bertz CT molecular complexity index is 249. The van der Waals surface area contributed by atoms with Crippen molar-refractivity contribution in [2.45, 2.75) is 13.3 Å². The molecule has 0 atom stereocenters. The van der Waals surface area contributed by atoms with E-state index in [4.69, 9.17) is 5.11 Å². The van der Waals surface area contributed by atoms with E-state index in [-0.39, 0.29) is 6.42 Å². The molecule has 0 aliphatic carbocycles. The molecule has 0 saturated heterocycles. The summed E-state index contributed by atoms with van der Waals surface area (Å²) >= 11 is 0. The van der Waals surface area contributed by atoms with E-state index in [1.54, 1.807) is 0 Å². The van der Waals surface area contributed by atoms with E-state index in [1.807, 2.05) is 31.2 Å². The summed E-state index contributed by atoms with van der Waals surface area (Å²) in [6.45, 7) is 1.98. The van der Waals surface area contributed by atoms with Gasteiger partial charge in [-0.3, -0.25) is 4.79 Å². The number of aliphatic carboxylic acids is 1. The normalized spacial score (nSPS) is 9.55. The van der Waals surface area contributed by atoms with Crippen molar-refractivity contribution in [3.8, 4) is 0 Å². The first kappa shape index (κ1) is 7.79. The van der Waals surface area contributed by atoms with E-state index < -0.39 is 5.97 Å². The van der Waals surface area contributed by atoms with Gasteiger partial charge in [0.15, 0.2) is 0 Å². The second-order valence-corrected chi connectivity index (χ2v) is 2.56.